The second-order valence-corrected chi connectivity index (χ2v) is 4.53. The number of aldehydes is 1. The Hall–Kier alpha value is -1.94. The number of imidazole rings is 1. The number of nitrogens with one attached hydrogen (secondary N) is 1. The maximum Gasteiger partial charge on any atom is 0.185 e. The molecule has 0 aliphatic rings. The summed E-state index contributed by atoms with van der Waals surface area (Å²) in [6, 6.07) is 10.3. The van der Waals surface area contributed by atoms with Crippen molar-refractivity contribution in [2.75, 3.05) is 0 Å². The maximum absolute atomic E-state index is 10.5. The number of H-pyrrole nitrogens is 1. The van der Waals surface area contributed by atoms with E-state index in [2.05, 4.69) is 28.2 Å². The van der Waals surface area contributed by atoms with Gasteiger partial charge in [-0.15, -0.1) is 11.3 Å². The summed E-state index contributed by atoms with van der Waals surface area (Å²) in [5, 5.41) is 1.21. The molecule has 0 spiro atoms. The fourth-order valence-electron chi connectivity index (χ4n) is 1.64. The topological polar surface area (TPSA) is 45.8 Å². The lowest BCUT2D eigenvalue weighted by Crippen LogP contribution is -1.80. The van der Waals surface area contributed by atoms with Crippen LogP contribution in [-0.4, -0.2) is 16.3 Å². The molecule has 0 fully saturated rings. The lowest BCUT2D eigenvalue weighted by molar-refractivity contribution is 0.111. The van der Waals surface area contributed by atoms with Crippen LogP contribution < -0.4 is 0 Å². The van der Waals surface area contributed by atoms with Crippen molar-refractivity contribution >= 4 is 27.7 Å². The minimum atomic E-state index is 0.368. The Morgan fingerprint density at radius 1 is 1.31 bits per heavy atom. The van der Waals surface area contributed by atoms with Gasteiger partial charge in [0.05, 0.1) is 16.8 Å². The number of thiophene rings is 1. The molecule has 16 heavy (non-hydrogen) atoms. The van der Waals surface area contributed by atoms with Crippen molar-refractivity contribution in [3.05, 3.63) is 42.4 Å². The van der Waals surface area contributed by atoms with Gasteiger partial charge in [-0.05, 0) is 17.5 Å². The number of fused-ring (bicyclic) bond motifs is 1. The Labute approximate surface area is 95.8 Å². The van der Waals surface area contributed by atoms with Gasteiger partial charge in [-0.2, -0.15) is 0 Å². The van der Waals surface area contributed by atoms with Gasteiger partial charge < -0.3 is 4.98 Å². The van der Waals surface area contributed by atoms with Crippen molar-refractivity contribution < 1.29 is 4.79 Å². The Morgan fingerprint density at radius 2 is 2.19 bits per heavy atom. The first-order chi connectivity index (χ1) is 7.86. The lowest BCUT2D eigenvalue weighted by atomic mass is 10.2. The molecule has 3 aromatic rings. The van der Waals surface area contributed by atoms with Crippen LogP contribution in [0.4, 0.5) is 0 Å². The molecule has 0 saturated carbocycles. The van der Waals surface area contributed by atoms with Crippen molar-refractivity contribution in [2.45, 2.75) is 0 Å². The predicted octanol–water partition coefficient (Wildman–Crippen LogP) is 3.10. The second-order valence-electron chi connectivity index (χ2n) is 3.45. The summed E-state index contributed by atoms with van der Waals surface area (Å²) >= 11 is 1.69. The van der Waals surface area contributed by atoms with Gasteiger partial charge in [0.2, 0.25) is 0 Å². The molecular formula is C12H8N2OS. The van der Waals surface area contributed by atoms with Crippen LogP contribution in [-0.2, 0) is 0 Å². The summed E-state index contributed by atoms with van der Waals surface area (Å²) in [4.78, 5) is 18.6. The summed E-state index contributed by atoms with van der Waals surface area (Å²) < 4.78 is 1.24. The summed E-state index contributed by atoms with van der Waals surface area (Å²) in [7, 11) is 0. The quantitative estimate of drug-likeness (QED) is 0.685. The third-order valence-electron chi connectivity index (χ3n) is 2.40. The second kappa shape index (κ2) is 3.57. The van der Waals surface area contributed by atoms with Gasteiger partial charge >= 0.3 is 0 Å². The van der Waals surface area contributed by atoms with E-state index in [-0.39, 0.29) is 0 Å². The van der Waals surface area contributed by atoms with Crippen LogP contribution in [0.25, 0.3) is 20.7 Å². The number of hydrogen-bond acceptors (Lipinski definition) is 3. The van der Waals surface area contributed by atoms with E-state index >= 15 is 0 Å². The third kappa shape index (κ3) is 1.44. The monoisotopic (exact) mass is 228 g/mol. The Kier molecular flexibility index (Phi) is 2.08. The normalized spacial score (nSPS) is 10.8. The van der Waals surface area contributed by atoms with E-state index in [0.717, 1.165) is 16.9 Å². The molecule has 1 N–H and O–H groups in total. The molecule has 0 bridgehead atoms. The van der Waals surface area contributed by atoms with Crippen molar-refractivity contribution in [3.63, 3.8) is 0 Å². The van der Waals surface area contributed by atoms with Gasteiger partial charge in [0.15, 0.2) is 12.1 Å². The highest BCUT2D eigenvalue weighted by atomic mass is 32.1. The standard InChI is InChI=1S/C12H8N2OS/c15-7-12-13-6-9(14-12)11-5-8-3-1-2-4-10(8)16-11/h1-7H,(H,13,14). The van der Waals surface area contributed by atoms with Crippen molar-refractivity contribution in [2.24, 2.45) is 0 Å². The van der Waals surface area contributed by atoms with Gasteiger partial charge in [0, 0.05) is 4.70 Å². The Bertz CT molecular complexity index is 621. The molecule has 78 valence electrons. The number of nitrogens with zero attached hydrogens (tertiary/aromatic N) is 1. The molecule has 2 heterocycles. The van der Waals surface area contributed by atoms with Gasteiger partial charge in [-0.25, -0.2) is 4.98 Å². The molecule has 3 nitrogen and oxygen atoms in total. The van der Waals surface area contributed by atoms with E-state index < -0.39 is 0 Å². The first-order valence-corrected chi connectivity index (χ1v) is 5.67. The highest BCUT2D eigenvalue weighted by Crippen LogP contribution is 2.32. The molecule has 0 atom stereocenters. The first kappa shape index (κ1) is 9.30. The molecule has 0 amide bonds. The molecule has 0 radical (unpaired) electrons. The van der Waals surface area contributed by atoms with E-state index in [1.165, 1.54) is 10.1 Å². The average molecular weight is 228 g/mol. The van der Waals surface area contributed by atoms with E-state index in [4.69, 9.17) is 0 Å². The van der Waals surface area contributed by atoms with E-state index in [9.17, 15) is 4.79 Å². The molecule has 3 rings (SSSR count). The third-order valence-corrected chi connectivity index (χ3v) is 3.55. The summed E-state index contributed by atoms with van der Waals surface area (Å²) in [6.07, 6.45) is 2.41. The van der Waals surface area contributed by atoms with Crippen LogP contribution in [0, 0.1) is 0 Å². The molecule has 1 aromatic carbocycles. The highest BCUT2D eigenvalue weighted by Gasteiger charge is 2.06. The van der Waals surface area contributed by atoms with Gasteiger partial charge in [0.25, 0.3) is 0 Å². The van der Waals surface area contributed by atoms with Gasteiger partial charge in [-0.1, -0.05) is 18.2 Å². The molecule has 0 aliphatic heterocycles. The summed E-state index contributed by atoms with van der Waals surface area (Å²) in [5.74, 6) is 0.368. The van der Waals surface area contributed by atoms with Crippen LogP contribution in [0.3, 0.4) is 0 Å². The van der Waals surface area contributed by atoms with Crippen molar-refractivity contribution in [1.29, 1.82) is 0 Å². The zero-order valence-corrected chi connectivity index (χ0v) is 9.12. The van der Waals surface area contributed by atoms with Crippen LogP contribution >= 0.6 is 11.3 Å². The van der Waals surface area contributed by atoms with Crippen molar-refractivity contribution in [1.82, 2.24) is 9.97 Å². The smallest absolute Gasteiger partial charge is 0.185 e. The molecule has 4 heteroatoms. The molecule has 0 aliphatic carbocycles. The number of carbonyl (C=O) groups is 1. The zero-order valence-electron chi connectivity index (χ0n) is 8.31. The summed E-state index contributed by atoms with van der Waals surface area (Å²) in [5.41, 5.74) is 0.892. The SMILES string of the molecule is O=Cc1ncc(-c2cc3ccccc3s2)[nH]1. The number of aromatic amines is 1. The predicted molar refractivity (Wildman–Crippen MR) is 64.8 cm³/mol. The van der Waals surface area contributed by atoms with E-state index in [0.29, 0.717) is 5.82 Å². The highest BCUT2D eigenvalue weighted by molar-refractivity contribution is 7.22. The summed E-state index contributed by atoms with van der Waals surface area (Å²) in [6.45, 7) is 0. The largest absolute Gasteiger partial charge is 0.335 e. The fraction of sp³-hybridized carbons (Fsp3) is 0. The molecule has 0 unspecified atom stereocenters. The zero-order chi connectivity index (χ0) is 11.0. The minimum Gasteiger partial charge on any atom is -0.335 e. The maximum atomic E-state index is 10.5. The van der Waals surface area contributed by atoms with Crippen LogP contribution in [0.2, 0.25) is 0 Å². The van der Waals surface area contributed by atoms with Crippen LogP contribution in [0.5, 0.6) is 0 Å². The first-order valence-electron chi connectivity index (χ1n) is 4.86. The minimum absolute atomic E-state index is 0.368. The van der Waals surface area contributed by atoms with E-state index in [1.54, 1.807) is 17.5 Å². The van der Waals surface area contributed by atoms with Crippen LogP contribution in [0.1, 0.15) is 10.6 Å². The Morgan fingerprint density at radius 3 is 2.94 bits per heavy atom. The van der Waals surface area contributed by atoms with Gasteiger partial charge in [-0.3, -0.25) is 4.79 Å². The molecule has 0 saturated heterocycles. The Balaban J connectivity index is 2.14. The number of benzene rings is 1. The molecular weight excluding hydrogens is 220 g/mol. The number of rotatable bonds is 2. The number of hydrogen-bond donors (Lipinski definition) is 1. The lowest BCUT2D eigenvalue weighted by Gasteiger charge is -1.87. The number of carbonyl (C=O) groups excluding carboxylic acids is 1. The van der Waals surface area contributed by atoms with Crippen molar-refractivity contribution in [3.8, 4) is 10.6 Å². The van der Waals surface area contributed by atoms with Crippen LogP contribution in [0.15, 0.2) is 36.5 Å². The average Bonchev–Trinajstić information content (AvgIpc) is 2.95. The fourth-order valence-corrected chi connectivity index (χ4v) is 2.66. The number of aromatic nitrogens is 2. The van der Waals surface area contributed by atoms with E-state index in [1.807, 2.05) is 12.1 Å². The van der Waals surface area contributed by atoms with Gasteiger partial charge in [0.1, 0.15) is 0 Å². The molecule has 2 aromatic heterocycles.